The zero-order valence-corrected chi connectivity index (χ0v) is 13.0. The summed E-state index contributed by atoms with van der Waals surface area (Å²) in [5.74, 6) is -0.522. The number of pyridine rings is 1. The van der Waals surface area contributed by atoms with E-state index in [2.05, 4.69) is 15.6 Å². The average Bonchev–Trinajstić information content (AvgIpc) is 2.54. The van der Waals surface area contributed by atoms with Gasteiger partial charge in [0.25, 0.3) is 11.8 Å². The lowest BCUT2D eigenvalue weighted by molar-refractivity contribution is 0.0927. The van der Waals surface area contributed by atoms with Crippen LogP contribution in [0.25, 0.3) is 0 Å². The summed E-state index contributed by atoms with van der Waals surface area (Å²) in [4.78, 5) is 27.5. The molecule has 0 bridgehead atoms. The summed E-state index contributed by atoms with van der Waals surface area (Å²) in [6.45, 7) is 0.603. The Kier molecular flexibility index (Phi) is 5.75. The minimum absolute atomic E-state index is 0.239. The molecule has 0 fully saturated rings. The highest BCUT2D eigenvalue weighted by Gasteiger charge is 2.08. The maximum atomic E-state index is 11.9. The van der Waals surface area contributed by atoms with Gasteiger partial charge in [-0.3, -0.25) is 14.6 Å². The van der Waals surface area contributed by atoms with Crippen LogP contribution in [-0.2, 0) is 0 Å². The molecule has 1 aromatic heterocycles. The van der Waals surface area contributed by atoms with Gasteiger partial charge in [0.1, 0.15) is 0 Å². The van der Waals surface area contributed by atoms with E-state index in [1.54, 1.807) is 30.5 Å². The topological polar surface area (TPSA) is 71.1 Å². The first-order valence-electron chi connectivity index (χ1n) is 6.49. The summed E-state index contributed by atoms with van der Waals surface area (Å²) in [6.07, 6.45) is 3.07. The molecule has 114 valence electrons. The SMILES string of the molecule is O=C(NCCNC(=O)c1ccc(Cl)c(Cl)c1)c1cccnc1. The van der Waals surface area contributed by atoms with Crippen LogP contribution in [-0.4, -0.2) is 29.9 Å². The summed E-state index contributed by atoms with van der Waals surface area (Å²) >= 11 is 11.6. The van der Waals surface area contributed by atoms with Gasteiger partial charge in [-0.2, -0.15) is 0 Å². The second-order valence-electron chi connectivity index (χ2n) is 4.38. The molecule has 0 aliphatic heterocycles. The van der Waals surface area contributed by atoms with E-state index in [-0.39, 0.29) is 11.8 Å². The first kappa shape index (κ1) is 16.3. The number of amides is 2. The number of carbonyl (C=O) groups is 2. The van der Waals surface area contributed by atoms with Crippen molar-refractivity contribution in [2.75, 3.05) is 13.1 Å². The Hall–Kier alpha value is -2.11. The zero-order chi connectivity index (χ0) is 15.9. The number of halogens is 2. The monoisotopic (exact) mass is 337 g/mol. The molecule has 0 aliphatic rings. The predicted octanol–water partition coefficient (Wildman–Crippen LogP) is 2.55. The number of hydrogen-bond acceptors (Lipinski definition) is 3. The highest BCUT2D eigenvalue weighted by molar-refractivity contribution is 6.42. The first-order chi connectivity index (χ1) is 10.6. The number of aromatic nitrogens is 1. The molecule has 0 saturated heterocycles. The van der Waals surface area contributed by atoms with Crippen molar-refractivity contribution in [1.82, 2.24) is 15.6 Å². The van der Waals surface area contributed by atoms with E-state index < -0.39 is 0 Å². The van der Waals surface area contributed by atoms with E-state index in [9.17, 15) is 9.59 Å². The zero-order valence-electron chi connectivity index (χ0n) is 11.5. The van der Waals surface area contributed by atoms with Crippen molar-refractivity contribution >= 4 is 35.0 Å². The van der Waals surface area contributed by atoms with Gasteiger partial charge in [-0.1, -0.05) is 23.2 Å². The van der Waals surface area contributed by atoms with Crippen LogP contribution in [0.2, 0.25) is 10.0 Å². The smallest absolute Gasteiger partial charge is 0.252 e. The van der Waals surface area contributed by atoms with Crippen LogP contribution in [0, 0.1) is 0 Å². The summed E-state index contributed by atoms with van der Waals surface area (Å²) in [7, 11) is 0. The summed E-state index contributed by atoms with van der Waals surface area (Å²) in [6, 6.07) is 7.98. The van der Waals surface area contributed by atoms with Crippen LogP contribution in [0.15, 0.2) is 42.7 Å². The van der Waals surface area contributed by atoms with Crippen molar-refractivity contribution in [3.63, 3.8) is 0 Å². The number of nitrogens with one attached hydrogen (secondary N) is 2. The molecule has 0 atom stereocenters. The van der Waals surface area contributed by atoms with Crippen molar-refractivity contribution in [1.29, 1.82) is 0 Å². The molecule has 0 aliphatic carbocycles. The molecule has 22 heavy (non-hydrogen) atoms. The lowest BCUT2D eigenvalue weighted by atomic mass is 10.2. The standard InChI is InChI=1S/C15H13Cl2N3O2/c16-12-4-3-10(8-13(12)17)14(21)19-6-7-20-15(22)11-2-1-5-18-9-11/h1-5,8-9H,6-7H2,(H,19,21)(H,20,22). The predicted molar refractivity (Wildman–Crippen MR) is 85.4 cm³/mol. The van der Waals surface area contributed by atoms with Gasteiger partial charge in [-0.15, -0.1) is 0 Å². The Balaban J connectivity index is 1.78. The Labute approximate surface area is 137 Å². The summed E-state index contributed by atoms with van der Waals surface area (Å²) in [5.41, 5.74) is 0.881. The third-order valence-corrected chi connectivity index (χ3v) is 3.54. The quantitative estimate of drug-likeness (QED) is 0.823. The molecule has 2 aromatic rings. The molecule has 0 radical (unpaired) electrons. The Morgan fingerprint density at radius 3 is 2.23 bits per heavy atom. The number of benzene rings is 1. The fourth-order valence-corrected chi connectivity index (χ4v) is 1.99. The third-order valence-electron chi connectivity index (χ3n) is 2.80. The molecule has 0 spiro atoms. The van der Waals surface area contributed by atoms with Crippen molar-refractivity contribution < 1.29 is 9.59 Å². The lowest BCUT2D eigenvalue weighted by Crippen LogP contribution is -2.34. The molecule has 0 unspecified atom stereocenters. The van der Waals surface area contributed by atoms with E-state index in [1.165, 1.54) is 12.3 Å². The van der Waals surface area contributed by atoms with Gasteiger partial charge in [0.2, 0.25) is 0 Å². The van der Waals surface area contributed by atoms with Crippen LogP contribution in [0.5, 0.6) is 0 Å². The number of hydrogen-bond donors (Lipinski definition) is 2. The summed E-state index contributed by atoms with van der Waals surface area (Å²) in [5, 5.41) is 6.08. The van der Waals surface area contributed by atoms with Gasteiger partial charge in [0, 0.05) is 31.0 Å². The van der Waals surface area contributed by atoms with Crippen LogP contribution >= 0.6 is 23.2 Å². The van der Waals surface area contributed by atoms with Gasteiger partial charge in [-0.25, -0.2) is 0 Å². The number of rotatable bonds is 5. The second kappa shape index (κ2) is 7.77. The normalized spacial score (nSPS) is 10.1. The molecule has 2 rings (SSSR count). The third kappa shape index (κ3) is 4.44. The first-order valence-corrected chi connectivity index (χ1v) is 7.25. The maximum absolute atomic E-state index is 11.9. The molecule has 2 amide bonds. The fraction of sp³-hybridized carbons (Fsp3) is 0.133. The molecule has 1 aromatic carbocycles. The van der Waals surface area contributed by atoms with Crippen LogP contribution in [0.1, 0.15) is 20.7 Å². The van der Waals surface area contributed by atoms with Gasteiger partial charge < -0.3 is 10.6 Å². The van der Waals surface area contributed by atoms with Gasteiger partial charge >= 0.3 is 0 Å². The lowest BCUT2D eigenvalue weighted by Gasteiger charge is -2.07. The molecule has 7 heteroatoms. The van der Waals surface area contributed by atoms with Crippen LogP contribution < -0.4 is 10.6 Å². The molecule has 0 saturated carbocycles. The minimum atomic E-state index is -0.283. The fourth-order valence-electron chi connectivity index (χ4n) is 1.69. The maximum Gasteiger partial charge on any atom is 0.252 e. The van der Waals surface area contributed by atoms with Gasteiger partial charge in [0.15, 0.2) is 0 Å². The Morgan fingerprint density at radius 2 is 1.64 bits per heavy atom. The van der Waals surface area contributed by atoms with Crippen molar-refractivity contribution in [3.05, 3.63) is 63.9 Å². The van der Waals surface area contributed by atoms with Crippen molar-refractivity contribution in [2.24, 2.45) is 0 Å². The van der Waals surface area contributed by atoms with E-state index in [1.807, 2.05) is 0 Å². The van der Waals surface area contributed by atoms with E-state index >= 15 is 0 Å². The number of carbonyl (C=O) groups excluding carboxylic acids is 2. The average molecular weight is 338 g/mol. The molecular weight excluding hydrogens is 325 g/mol. The van der Waals surface area contributed by atoms with Crippen LogP contribution in [0.3, 0.4) is 0 Å². The molecular formula is C15H13Cl2N3O2. The largest absolute Gasteiger partial charge is 0.350 e. The molecule has 2 N–H and O–H groups in total. The number of nitrogens with zero attached hydrogens (tertiary/aromatic N) is 1. The molecule has 5 nitrogen and oxygen atoms in total. The Morgan fingerprint density at radius 1 is 0.955 bits per heavy atom. The molecule has 1 heterocycles. The van der Waals surface area contributed by atoms with Gasteiger partial charge in [-0.05, 0) is 30.3 Å². The van der Waals surface area contributed by atoms with Crippen LogP contribution in [0.4, 0.5) is 0 Å². The second-order valence-corrected chi connectivity index (χ2v) is 5.20. The highest BCUT2D eigenvalue weighted by atomic mass is 35.5. The van der Waals surface area contributed by atoms with Crippen molar-refractivity contribution in [2.45, 2.75) is 0 Å². The van der Waals surface area contributed by atoms with E-state index in [4.69, 9.17) is 23.2 Å². The van der Waals surface area contributed by atoms with E-state index in [0.29, 0.717) is 34.3 Å². The summed E-state index contributed by atoms with van der Waals surface area (Å²) < 4.78 is 0. The highest BCUT2D eigenvalue weighted by Crippen LogP contribution is 2.22. The Bertz CT molecular complexity index is 678. The van der Waals surface area contributed by atoms with Gasteiger partial charge in [0.05, 0.1) is 15.6 Å². The van der Waals surface area contributed by atoms with E-state index in [0.717, 1.165) is 0 Å². The minimum Gasteiger partial charge on any atom is -0.350 e. The van der Waals surface area contributed by atoms with Crippen molar-refractivity contribution in [3.8, 4) is 0 Å².